The Morgan fingerprint density at radius 2 is 1.94 bits per heavy atom. The van der Waals surface area contributed by atoms with Crippen molar-refractivity contribution in [1.29, 1.82) is 0 Å². The van der Waals surface area contributed by atoms with Crippen LogP contribution in [-0.2, 0) is 6.42 Å². The maximum Gasteiger partial charge on any atom is 0.118 e. The van der Waals surface area contributed by atoms with Crippen molar-refractivity contribution in [2.24, 2.45) is 0 Å². The van der Waals surface area contributed by atoms with Crippen LogP contribution in [0.15, 0.2) is 36.5 Å². The molecule has 2 N–H and O–H groups in total. The zero-order chi connectivity index (χ0) is 12.3. The molecule has 1 heterocycles. The van der Waals surface area contributed by atoms with E-state index < -0.39 is 0 Å². The smallest absolute Gasteiger partial charge is 0.118 e. The van der Waals surface area contributed by atoms with E-state index in [0.717, 1.165) is 34.7 Å². The third-order valence-electron chi connectivity index (χ3n) is 2.75. The Kier molecular flexibility index (Phi) is 3.28. The Balaban J connectivity index is 2.38. The molecule has 3 nitrogen and oxygen atoms in total. The van der Waals surface area contributed by atoms with E-state index in [-0.39, 0.29) is 0 Å². The van der Waals surface area contributed by atoms with Gasteiger partial charge >= 0.3 is 0 Å². The first kappa shape index (κ1) is 11.5. The van der Waals surface area contributed by atoms with Crippen LogP contribution < -0.4 is 10.5 Å². The number of nitrogens with zero attached hydrogens (tertiary/aromatic N) is 1. The summed E-state index contributed by atoms with van der Waals surface area (Å²) < 4.78 is 5.12. The summed E-state index contributed by atoms with van der Waals surface area (Å²) in [5.74, 6) is 0.831. The Bertz CT molecular complexity index is 506. The second-order valence-corrected chi connectivity index (χ2v) is 3.86. The number of nitrogens with two attached hydrogens (primary N) is 1. The van der Waals surface area contributed by atoms with Crippen LogP contribution in [-0.4, -0.2) is 12.1 Å². The Morgan fingerprint density at radius 3 is 2.47 bits per heavy atom. The lowest BCUT2D eigenvalue weighted by Crippen LogP contribution is -1.95. The van der Waals surface area contributed by atoms with Gasteiger partial charge in [-0.1, -0.05) is 6.92 Å². The molecule has 88 valence electrons. The number of aromatic nitrogens is 1. The second-order valence-electron chi connectivity index (χ2n) is 3.86. The molecule has 0 aliphatic rings. The van der Waals surface area contributed by atoms with Crippen molar-refractivity contribution in [3.05, 3.63) is 42.1 Å². The quantitative estimate of drug-likeness (QED) is 0.878. The van der Waals surface area contributed by atoms with Gasteiger partial charge in [-0.2, -0.15) is 0 Å². The van der Waals surface area contributed by atoms with Crippen molar-refractivity contribution in [3.63, 3.8) is 0 Å². The zero-order valence-corrected chi connectivity index (χ0v) is 10.1. The number of aryl methyl sites for hydroxylation is 1. The van der Waals surface area contributed by atoms with E-state index >= 15 is 0 Å². The summed E-state index contributed by atoms with van der Waals surface area (Å²) in [7, 11) is 1.65. The molecule has 0 aliphatic carbocycles. The van der Waals surface area contributed by atoms with Gasteiger partial charge in [-0.15, -0.1) is 0 Å². The highest BCUT2D eigenvalue weighted by molar-refractivity contribution is 5.73. The summed E-state index contributed by atoms with van der Waals surface area (Å²) in [6.45, 7) is 2.09. The average Bonchev–Trinajstić information content (AvgIpc) is 2.39. The molecule has 1 aromatic carbocycles. The van der Waals surface area contributed by atoms with Gasteiger partial charge in [0.15, 0.2) is 0 Å². The molecule has 2 aromatic rings. The van der Waals surface area contributed by atoms with Crippen LogP contribution in [0.5, 0.6) is 5.75 Å². The lowest BCUT2D eigenvalue weighted by atomic mass is 10.1. The normalized spacial score (nSPS) is 10.2. The predicted molar refractivity (Wildman–Crippen MR) is 70.0 cm³/mol. The molecule has 0 bridgehead atoms. The van der Waals surface area contributed by atoms with Gasteiger partial charge in [-0.25, -0.2) is 0 Å². The van der Waals surface area contributed by atoms with Crippen LogP contribution >= 0.6 is 0 Å². The van der Waals surface area contributed by atoms with E-state index in [1.165, 1.54) is 0 Å². The molecule has 0 saturated heterocycles. The first-order valence-electron chi connectivity index (χ1n) is 5.63. The number of hydrogen-bond donors (Lipinski definition) is 1. The number of benzene rings is 1. The van der Waals surface area contributed by atoms with Crippen molar-refractivity contribution >= 4 is 5.69 Å². The number of ether oxygens (including phenoxy) is 1. The molecule has 1 aromatic heterocycles. The summed E-state index contributed by atoms with van der Waals surface area (Å²) in [6.07, 6.45) is 2.82. The molecule has 17 heavy (non-hydrogen) atoms. The van der Waals surface area contributed by atoms with Crippen molar-refractivity contribution in [3.8, 4) is 17.0 Å². The topological polar surface area (TPSA) is 48.1 Å². The predicted octanol–water partition coefficient (Wildman–Crippen LogP) is 2.90. The van der Waals surface area contributed by atoms with Gasteiger partial charge in [-0.05, 0) is 42.3 Å². The van der Waals surface area contributed by atoms with Crippen LogP contribution in [0, 0.1) is 0 Å². The average molecular weight is 228 g/mol. The molecule has 0 radical (unpaired) electrons. The van der Waals surface area contributed by atoms with E-state index in [1.807, 2.05) is 36.5 Å². The fourth-order valence-electron chi connectivity index (χ4n) is 1.71. The van der Waals surface area contributed by atoms with Crippen molar-refractivity contribution < 1.29 is 4.74 Å². The summed E-state index contributed by atoms with van der Waals surface area (Å²) in [6, 6.07) is 9.72. The van der Waals surface area contributed by atoms with E-state index in [0.29, 0.717) is 0 Å². The first-order chi connectivity index (χ1) is 8.24. The van der Waals surface area contributed by atoms with Crippen LogP contribution in [0.2, 0.25) is 0 Å². The van der Waals surface area contributed by atoms with E-state index in [9.17, 15) is 0 Å². The lowest BCUT2D eigenvalue weighted by molar-refractivity contribution is 0.415. The maximum atomic E-state index is 6.01. The SMILES string of the molecule is CCc1cnc(-c2ccc(OC)cc2)c(N)c1. The second kappa shape index (κ2) is 4.87. The Morgan fingerprint density at radius 1 is 1.24 bits per heavy atom. The van der Waals surface area contributed by atoms with Gasteiger partial charge in [0, 0.05) is 11.8 Å². The largest absolute Gasteiger partial charge is 0.497 e. The van der Waals surface area contributed by atoms with Crippen LogP contribution in [0.1, 0.15) is 12.5 Å². The Hall–Kier alpha value is -2.03. The zero-order valence-electron chi connectivity index (χ0n) is 10.1. The monoisotopic (exact) mass is 228 g/mol. The molecule has 0 fully saturated rings. The molecular weight excluding hydrogens is 212 g/mol. The van der Waals surface area contributed by atoms with Crippen LogP contribution in [0.25, 0.3) is 11.3 Å². The van der Waals surface area contributed by atoms with Gasteiger partial charge in [0.1, 0.15) is 5.75 Å². The van der Waals surface area contributed by atoms with Gasteiger partial charge < -0.3 is 10.5 Å². The maximum absolute atomic E-state index is 6.01. The van der Waals surface area contributed by atoms with Crippen molar-refractivity contribution in [2.45, 2.75) is 13.3 Å². The molecule has 0 atom stereocenters. The van der Waals surface area contributed by atoms with E-state index in [1.54, 1.807) is 7.11 Å². The third-order valence-corrected chi connectivity index (χ3v) is 2.75. The number of nitrogen functional groups attached to an aromatic ring is 1. The minimum absolute atomic E-state index is 0.717. The highest BCUT2D eigenvalue weighted by atomic mass is 16.5. The third kappa shape index (κ3) is 2.38. The fourth-order valence-corrected chi connectivity index (χ4v) is 1.71. The molecule has 0 spiro atoms. The lowest BCUT2D eigenvalue weighted by Gasteiger charge is -2.07. The fraction of sp³-hybridized carbons (Fsp3) is 0.214. The summed E-state index contributed by atoms with van der Waals surface area (Å²) in [4.78, 5) is 4.41. The number of hydrogen-bond acceptors (Lipinski definition) is 3. The highest BCUT2D eigenvalue weighted by Gasteiger charge is 2.05. The standard InChI is InChI=1S/C14H16N2O/c1-3-10-8-13(15)14(16-9-10)11-4-6-12(17-2)7-5-11/h4-9H,3,15H2,1-2H3. The minimum atomic E-state index is 0.717. The van der Waals surface area contributed by atoms with Crippen molar-refractivity contribution in [1.82, 2.24) is 4.98 Å². The summed E-state index contributed by atoms with van der Waals surface area (Å²) in [5, 5.41) is 0. The molecule has 0 amide bonds. The van der Waals surface area contributed by atoms with Crippen LogP contribution in [0.3, 0.4) is 0 Å². The van der Waals surface area contributed by atoms with Crippen LogP contribution in [0.4, 0.5) is 5.69 Å². The number of methoxy groups -OCH3 is 1. The van der Waals surface area contributed by atoms with Gasteiger partial charge in [0.2, 0.25) is 0 Å². The number of rotatable bonds is 3. The van der Waals surface area contributed by atoms with E-state index in [4.69, 9.17) is 10.5 Å². The van der Waals surface area contributed by atoms with Gasteiger partial charge in [0.25, 0.3) is 0 Å². The molecule has 0 saturated carbocycles. The molecule has 0 unspecified atom stereocenters. The first-order valence-corrected chi connectivity index (χ1v) is 5.63. The molecule has 3 heteroatoms. The van der Waals surface area contributed by atoms with E-state index in [2.05, 4.69) is 11.9 Å². The molecular formula is C14H16N2O. The summed E-state index contributed by atoms with van der Waals surface area (Å²) >= 11 is 0. The number of pyridine rings is 1. The number of anilines is 1. The van der Waals surface area contributed by atoms with Crippen molar-refractivity contribution in [2.75, 3.05) is 12.8 Å². The Labute approximate surface area is 101 Å². The highest BCUT2D eigenvalue weighted by Crippen LogP contribution is 2.26. The molecule has 2 rings (SSSR count). The van der Waals surface area contributed by atoms with Gasteiger partial charge in [-0.3, -0.25) is 4.98 Å². The molecule has 0 aliphatic heterocycles. The summed E-state index contributed by atoms with van der Waals surface area (Å²) in [5.41, 5.74) is 9.70. The minimum Gasteiger partial charge on any atom is -0.497 e. The van der Waals surface area contributed by atoms with Gasteiger partial charge in [0.05, 0.1) is 18.5 Å².